The minimum absolute atomic E-state index is 0.0145. The van der Waals surface area contributed by atoms with Gasteiger partial charge in [0.1, 0.15) is 0 Å². The van der Waals surface area contributed by atoms with Crippen molar-refractivity contribution >= 4 is 0 Å². The zero-order valence-corrected chi connectivity index (χ0v) is 11.4. The van der Waals surface area contributed by atoms with Crippen molar-refractivity contribution in [1.82, 2.24) is 10.2 Å². The van der Waals surface area contributed by atoms with E-state index >= 15 is 0 Å². The van der Waals surface area contributed by atoms with Crippen molar-refractivity contribution < 1.29 is 13.2 Å². The highest BCUT2D eigenvalue weighted by molar-refractivity contribution is 4.86. The van der Waals surface area contributed by atoms with Gasteiger partial charge in [-0.25, -0.2) is 0 Å². The van der Waals surface area contributed by atoms with Crippen LogP contribution in [0, 0.1) is 0 Å². The van der Waals surface area contributed by atoms with Gasteiger partial charge in [-0.2, -0.15) is 13.2 Å². The maximum atomic E-state index is 12.5. The third kappa shape index (κ3) is 5.57. The molecule has 0 radical (unpaired) electrons. The van der Waals surface area contributed by atoms with Crippen molar-refractivity contribution in [2.45, 2.75) is 63.7 Å². The second-order valence-corrected chi connectivity index (χ2v) is 5.30. The Kier molecular flexibility index (Phi) is 6.43. The number of alkyl halides is 3. The number of halogens is 3. The van der Waals surface area contributed by atoms with E-state index in [0.717, 1.165) is 45.1 Å². The average molecular weight is 266 g/mol. The molecule has 0 aromatic rings. The summed E-state index contributed by atoms with van der Waals surface area (Å²) < 4.78 is 37.4. The molecule has 0 amide bonds. The fourth-order valence-corrected chi connectivity index (χ4v) is 2.78. The van der Waals surface area contributed by atoms with E-state index in [1.165, 1.54) is 4.90 Å². The summed E-state index contributed by atoms with van der Waals surface area (Å²) in [7, 11) is 1.60. The topological polar surface area (TPSA) is 15.3 Å². The Morgan fingerprint density at radius 3 is 2.44 bits per heavy atom. The molecule has 1 N–H and O–H groups in total. The third-order valence-corrected chi connectivity index (χ3v) is 3.63. The first-order valence-electron chi connectivity index (χ1n) is 6.94. The van der Waals surface area contributed by atoms with Crippen molar-refractivity contribution in [2.75, 3.05) is 20.1 Å². The van der Waals surface area contributed by atoms with Crippen LogP contribution >= 0.6 is 0 Å². The lowest BCUT2D eigenvalue weighted by molar-refractivity contribution is -0.148. The molecule has 1 aliphatic rings. The molecule has 2 atom stereocenters. The summed E-state index contributed by atoms with van der Waals surface area (Å²) in [5.41, 5.74) is 0. The Morgan fingerprint density at radius 2 is 1.83 bits per heavy atom. The SMILES string of the molecule is CCCNC1CCCCCC1N(C)CC(F)(F)F. The summed E-state index contributed by atoms with van der Waals surface area (Å²) >= 11 is 0. The van der Waals surface area contributed by atoms with E-state index in [1.807, 2.05) is 0 Å². The molecule has 1 rings (SSSR count). The molecular formula is C13H25F3N2. The standard InChI is InChI=1S/C13H25F3N2/c1-3-9-17-11-7-5-4-6-8-12(11)18(2)10-13(14,15)16/h11-12,17H,3-10H2,1-2H3. The molecule has 108 valence electrons. The molecule has 0 bridgehead atoms. The van der Waals surface area contributed by atoms with Crippen molar-refractivity contribution in [3.05, 3.63) is 0 Å². The van der Waals surface area contributed by atoms with E-state index in [-0.39, 0.29) is 12.1 Å². The third-order valence-electron chi connectivity index (χ3n) is 3.63. The molecule has 0 saturated heterocycles. The van der Waals surface area contributed by atoms with Crippen molar-refractivity contribution in [3.63, 3.8) is 0 Å². The second kappa shape index (κ2) is 7.34. The largest absolute Gasteiger partial charge is 0.401 e. The molecule has 0 aromatic heterocycles. The molecule has 0 heterocycles. The van der Waals surface area contributed by atoms with Crippen LogP contribution in [-0.4, -0.2) is 43.3 Å². The van der Waals surface area contributed by atoms with Gasteiger partial charge in [0.25, 0.3) is 0 Å². The first kappa shape index (κ1) is 15.8. The molecule has 2 unspecified atom stereocenters. The predicted molar refractivity (Wildman–Crippen MR) is 67.6 cm³/mol. The van der Waals surface area contributed by atoms with Crippen LogP contribution in [0.4, 0.5) is 13.2 Å². The number of nitrogens with zero attached hydrogens (tertiary/aromatic N) is 1. The lowest BCUT2D eigenvalue weighted by atomic mass is 10.0. The molecule has 18 heavy (non-hydrogen) atoms. The molecule has 2 nitrogen and oxygen atoms in total. The van der Waals surface area contributed by atoms with Gasteiger partial charge in [0.15, 0.2) is 0 Å². The minimum atomic E-state index is -4.10. The number of likely N-dealkylation sites (N-methyl/N-ethyl adjacent to an activating group) is 1. The Balaban J connectivity index is 2.59. The summed E-state index contributed by atoms with van der Waals surface area (Å²) in [5, 5.41) is 3.42. The average Bonchev–Trinajstić information content (AvgIpc) is 2.48. The first-order valence-corrected chi connectivity index (χ1v) is 6.94. The maximum absolute atomic E-state index is 12.5. The Morgan fingerprint density at radius 1 is 1.17 bits per heavy atom. The zero-order valence-electron chi connectivity index (χ0n) is 11.4. The van der Waals surface area contributed by atoms with Crippen molar-refractivity contribution in [3.8, 4) is 0 Å². The van der Waals surface area contributed by atoms with Gasteiger partial charge in [-0.15, -0.1) is 0 Å². The molecule has 0 aliphatic heterocycles. The fourth-order valence-electron chi connectivity index (χ4n) is 2.78. The second-order valence-electron chi connectivity index (χ2n) is 5.30. The molecule has 0 spiro atoms. The summed E-state index contributed by atoms with van der Waals surface area (Å²) in [4.78, 5) is 1.48. The molecule has 1 aliphatic carbocycles. The van der Waals surface area contributed by atoms with Crippen LogP contribution in [0.2, 0.25) is 0 Å². The van der Waals surface area contributed by atoms with Crippen molar-refractivity contribution in [2.24, 2.45) is 0 Å². The quantitative estimate of drug-likeness (QED) is 0.769. The molecule has 1 fully saturated rings. The molecular weight excluding hydrogens is 241 g/mol. The van der Waals surface area contributed by atoms with Gasteiger partial charge >= 0.3 is 6.18 Å². The highest BCUT2D eigenvalue weighted by Crippen LogP contribution is 2.25. The number of nitrogens with one attached hydrogen (secondary N) is 1. The van der Waals surface area contributed by atoms with Crippen molar-refractivity contribution in [1.29, 1.82) is 0 Å². The summed E-state index contributed by atoms with van der Waals surface area (Å²) in [6, 6.07) is 0.223. The highest BCUT2D eigenvalue weighted by Gasteiger charge is 2.34. The fraction of sp³-hybridized carbons (Fsp3) is 1.00. The van der Waals surface area contributed by atoms with Gasteiger partial charge in [0, 0.05) is 12.1 Å². The minimum Gasteiger partial charge on any atom is -0.312 e. The molecule has 5 heteroatoms. The summed E-state index contributed by atoms with van der Waals surface area (Å²) in [5.74, 6) is 0. The normalized spacial score (nSPS) is 26.3. The van der Waals surface area contributed by atoms with E-state index in [0.29, 0.717) is 0 Å². The number of hydrogen-bond donors (Lipinski definition) is 1. The van der Waals surface area contributed by atoms with Crippen LogP contribution in [0.25, 0.3) is 0 Å². The van der Waals surface area contributed by atoms with Gasteiger partial charge in [-0.3, -0.25) is 4.90 Å². The van der Waals surface area contributed by atoms with E-state index in [1.54, 1.807) is 7.05 Å². The zero-order chi connectivity index (χ0) is 13.6. The Labute approximate surface area is 108 Å². The Hall–Kier alpha value is -0.290. The van der Waals surface area contributed by atoms with Crippen LogP contribution < -0.4 is 5.32 Å². The number of rotatable bonds is 5. The Bertz CT molecular complexity index is 231. The van der Waals surface area contributed by atoms with Gasteiger partial charge in [-0.1, -0.05) is 26.2 Å². The van der Waals surface area contributed by atoms with E-state index in [2.05, 4.69) is 12.2 Å². The first-order chi connectivity index (χ1) is 8.44. The van der Waals surface area contributed by atoms with Crippen LogP contribution in [0.3, 0.4) is 0 Å². The highest BCUT2D eigenvalue weighted by atomic mass is 19.4. The van der Waals surface area contributed by atoms with Gasteiger partial charge in [-0.05, 0) is 32.9 Å². The summed E-state index contributed by atoms with van der Waals surface area (Å²) in [6.07, 6.45) is 2.08. The van der Waals surface area contributed by atoms with Gasteiger partial charge < -0.3 is 5.32 Å². The van der Waals surface area contributed by atoms with Gasteiger partial charge in [0.05, 0.1) is 6.54 Å². The van der Waals surface area contributed by atoms with E-state index in [4.69, 9.17) is 0 Å². The lowest BCUT2D eigenvalue weighted by Crippen LogP contribution is -2.50. The van der Waals surface area contributed by atoms with Gasteiger partial charge in [0.2, 0.25) is 0 Å². The van der Waals surface area contributed by atoms with Crippen LogP contribution in [0.1, 0.15) is 45.4 Å². The maximum Gasteiger partial charge on any atom is 0.401 e. The molecule has 1 saturated carbocycles. The van der Waals surface area contributed by atoms with E-state index in [9.17, 15) is 13.2 Å². The van der Waals surface area contributed by atoms with Crippen LogP contribution in [0.5, 0.6) is 0 Å². The lowest BCUT2D eigenvalue weighted by Gasteiger charge is -2.34. The predicted octanol–water partition coefficient (Wildman–Crippen LogP) is 3.18. The monoisotopic (exact) mass is 266 g/mol. The van der Waals surface area contributed by atoms with Crippen LogP contribution in [-0.2, 0) is 0 Å². The van der Waals surface area contributed by atoms with E-state index < -0.39 is 12.7 Å². The smallest absolute Gasteiger partial charge is 0.312 e. The molecule has 0 aromatic carbocycles. The summed E-state index contributed by atoms with van der Waals surface area (Å²) in [6.45, 7) is 2.17. The number of hydrogen-bond acceptors (Lipinski definition) is 2. The van der Waals surface area contributed by atoms with Crippen LogP contribution in [0.15, 0.2) is 0 Å².